The van der Waals surface area contributed by atoms with Crippen LogP contribution in [0.15, 0.2) is 0 Å². The summed E-state index contributed by atoms with van der Waals surface area (Å²) in [4.78, 5) is 10.3. The summed E-state index contributed by atoms with van der Waals surface area (Å²) in [5.41, 5.74) is 0. The van der Waals surface area contributed by atoms with E-state index in [1.807, 2.05) is 0 Å². The van der Waals surface area contributed by atoms with Gasteiger partial charge in [-0.05, 0) is 19.3 Å². The molecule has 0 heterocycles. The van der Waals surface area contributed by atoms with Gasteiger partial charge in [-0.25, -0.2) is 0 Å². The molecule has 0 saturated carbocycles. The Balaban J connectivity index is 3.26. The lowest BCUT2D eigenvalue weighted by Gasteiger charge is -1.97. The molecule has 0 rings (SSSR count). The Hall–Kier alpha value is -1.41. The number of carboxylic acids is 1. The van der Waals surface area contributed by atoms with Crippen LogP contribution < -0.4 is 0 Å². The van der Waals surface area contributed by atoms with Crippen LogP contribution in [-0.4, -0.2) is 11.1 Å². The number of carboxylic acid groups (broad SMARTS) is 1. The number of unbranched alkanes of at least 4 members (excludes halogenated alkanes) is 8. The Morgan fingerprint density at radius 2 is 1.35 bits per heavy atom. The number of aliphatic carboxylic acids is 1. The fraction of sp³-hybridized carbons (Fsp3) is 0.722. The molecular formula is C18H28O2. The van der Waals surface area contributed by atoms with Crippen LogP contribution in [0.3, 0.4) is 0 Å². The zero-order valence-electron chi connectivity index (χ0n) is 12.8. The summed E-state index contributed by atoms with van der Waals surface area (Å²) in [6.45, 7) is 2.20. The molecule has 0 atom stereocenters. The van der Waals surface area contributed by atoms with E-state index in [4.69, 9.17) is 5.11 Å². The van der Waals surface area contributed by atoms with Gasteiger partial charge >= 0.3 is 5.97 Å². The molecule has 0 bridgehead atoms. The van der Waals surface area contributed by atoms with Crippen LogP contribution in [0.1, 0.15) is 84.0 Å². The summed E-state index contributed by atoms with van der Waals surface area (Å²) in [5.74, 6) is 11.8. The molecule has 0 aliphatic carbocycles. The van der Waals surface area contributed by atoms with Crippen LogP contribution in [0, 0.1) is 23.7 Å². The maximum Gasteiger partial charge on any atom is 0.303 e. The van der Waals surface area contributed by atoms with Gasteiger partial charge in [0.25, 0.3) is 0 Å². The van der Waals surface area contributed by atoms with E-state index >= 15 is 0 Å². The summed E-state index contributed by atoms with van der Waals surface area (Å²) >= 11 is 0. The van der Waals surface area contributed by atoms with E-state index in [1.165, 1.54) is 19.3 Å². The van der Waals surface area contributed by atoms with Gasteiger partial charge < -0.3 is 5.11 Å². The van der Waals surface area contributed by atoms with Crippen LogP contribution in [-0.2, 0) is 4.79 Å². The van der Waals surface area contributed by atoms with Gasteiger partial charge in [0.2, 0.25) is 0 Å². The molecule has 20 heavy (non-hydrogen) atoms. The average molecular weight is 276 g/mol. The lowest BCUT2D eigenvalue weighted by atomic mass is 10.1. The van der Waals surface area contributed by atoms with Crippen molar-refractivity contribution in [3.8, 4) is 23.7 Å². The molecule has 0 fully saturated rings. The van der Waals surface area contributed by atoms with Crippen molar-refractivity contribution in [1.82, 2.24) is 0 Å². The first-order valence-electron chi connectivity index (χ1n) is 7.90. The van der Waals surface area contributed by atoms with Crippen LogP contribution in [0.5, 0.6) is 0 Å². The molecule has 0 unspecified atom stereocenters. The molecule has 0 aliphatic heterocycles. The van der Waals surface area contributed by atoms with Crippen LogP contribution in [0.2, 0.25) is 0 Å². The van der Waals surface area contributed by atoms with Gasteiger partial charge in [-0.15, -0.1) is 11.8 Å². The van der Waals surface area contributed by atoms with Crippen molar-refractivity contribution in [2.75, 3.05) is 0 Å². The highest BCUT2D eigenvalue weighted by atomic mass is 16.4. The standard InChI is InChI=1S/C18H28O2/c1-2-3-4-5-6-7-8-9-10-11-12-13-14-15-16-17-18(19)20/h2-5,8,11-17H2,1H3,(H,19,20). The third-order valence-corrected chi connectivity index (χ3v) is 3.02. The Kier molecular flexibility index (Phi) is 14.5. The van der Waals surface area contributed by atoms with Gasteiger partial charge in [0, 0.05) is 19.3 Å². The molecule has 112 valence electrons. The SMILES string of the molecule is CCCCCC#CCC#CCCCCCCCC(=O)O. The van der Waals surface area contributed by atoms with Gasteiger partial charge in [-0.3, -0.25) is 4.79 Å². The second-order valence-corrected chi connectivity index (χ2v) is 5.00. The average Bonchev–Trinajstić information content (AvgIpc) is 2.43. The molecule has 0 amide bonds. The third kappa shape index (κ3) is 16.6. The summed E-state index contributed by atoms with van der Waals surface area (Å²) in [6, 6.07) is 0. The fourth-order valence-electron chi connectivity index (χ4n) is 1.83. The summed E-state index contributed by atoms with van der Waals surface area (Å²) in [7, 11) is 0. The smallest absolute Gasteiger partial charge is 0.303 e. The first-order valence-corrected chi connectivity index (χ1v) is 7.90. The monoisotopic (exact) mass is 276 g/mol. The summed E-state index contributed by atoms with van der Waals surface area (Å²) < 4.78 is 0. The molecule has 0 aromatic heterocycles. The molecule has 0 spiro atoms. The van der Waals surface area contributed by atoms with Gasteiger partial charge in [0.15, 0.2) is 0 Å². The molecule has 0 radical (unpaired) electrons. The molecule has 2 nitrogen and oxygen atoms in total. The lowest BCUT2D eigenvalue weighted by Crippen LogP contribution is -1.93. The van der Waals surface area contributed by atoms with E-state index in [1.54, 1.807) is 0 Å². The molecule has 0 aliphatic rings. The van der Waals surface area contributed by atoms with Gasteiger partial charge in [-0.1, -0.05) is 50.9 Å². The van der Waals surface area contributed by atoms with Crippen LogP contribution in [0.4, 0.5) is 0 Å². The minimum Gasteiger partial charge on any atom is -0.481 e. The second-order valence-electron chi connectivity index (χ2n) is 5.00. The first kappa shape index (κ1) is 18.6. The van der Waals surface area contributed by atoms with E-state index in [9.17, 15) is 4.79 Å². The molecule has 2 heteroatoms. The highest BCUT2D eigenvalue weighted by molar-refractivity contribution is 5.66. The Labute approximate surface area is 124 Å². The highest BCUT2D eigenvalue weighted by Crippen LogP contribution is 2.06. The largest absolute Gasteiger partial charge is 0.481 e. The van der Waals surface area contributed by atoms with E-state index < -0.39 is 5.97 Å². The Bertz CT molecular complexity index is 349. The van der Waals surface area contributed by atoms with E-state index in [0.29, 0.717) is 12.8 Å². The topological polar surface area (TPSA) is 37.3 Å². The van der Waals surface area contributed by atoms with Crippen LogP contribution >= 0.6 is 0 Å². The van der Waals surface area contributed by atoms with Crippen molar-refractivity contribution in [2.45, 2.75) is 84.0 Å². The lowest BCUT2D eigenvalue weighted by molar-refractivity contribution is -0.137. The maximum absolute atomic E-state index is 10.3. The molecule has 0 aromatic carbocycles. The number of rotatable bonds is 10. The van der Waals surface area contributed by atoms with Crippen molar-refractivity contribution >= 4 is 5.97 Å². The molecule has 0 saturated heterocycles. The van der Waals surface area contributed by atoms with Gasteiger partial charge in [0.1, 0.15) is 0 Å². The molecule has 1 N–H and O–H groups in total. The number of carbonyl (C=O) groups is 1. The highest BCUT2D eigenvalue weighted by Gasteiger charge is 1.95. The Morgan fingerprint density at radius 3 is 1.95 bits per heavy atom. The zero-order chi connectivity index (χ0) is 14.9. The molecule has 0 aromatic rings. The van der Waals surface area contributed by atoms with Crippen LogP contribution in [0.25, 0.3) is 0 Å². The van der Waals surface area contributed by atoms with Gasteiger partial charge in [0.05, 0.1) is 6.42 Å². The van der Waals surface area contributed by atoms with Gasteiger partial charge in [-0.2, -0.15) is 0 Å². The van der Waals surface area contributed by atoms with Crippen molar-refractivity contribution in [2.24, 2.45) is 0 Å². The summed E-state index contributed by atoms with van der Waals surface area (Å²) in [5, 5.41) is 8.49. The number of hydrogen-bond donors (Lipinski definition) is 1. The second kappa shape index (κ2) is 15.6. The minimum atomic E-state index is -0.688. The van der Waals surface area contributed by atoms with E-state index in [-0.39, 0.29) is 0 Å². The summed E-state index contributed by atoms with van der Waals surface area (Å²) in [6.07, 6.45) is 11.9. The van der Waals surface area contributed by atoms with Crippen molar-refractivity contribution in [3.63, 3.8) is 0 Å². The van der Waals surface area contributed by atoms with Crippen molar-refractivity contribution < 1.29 is 9.90 Å². The van der Waals surface area contributed by atoms with Crippen molar-refractivity contribution in [3.05, 3.63) is 0 Å². The first-order chi connectivity index (χ1) is 9.77. The Morgan fingerprint density at radius 1 is 0.800 bits per heavy atom. The predicted octanol–water partition coefficient (Wildman–Crippen LogP) is 4.78. The fourth-order valence-corrected chi connectivity index (χ4v) is 1.83. The maximum atomic E-state index is 10.3. The number of hydrogen-bond acceptors (Lipinski definition) is 1. The van der Waals surface area contributed by atoms with E-state index in [0.717, 1.165) is 44.9 Å². The van der Waals surface area contributed by atoms with Crippen molar-refractivity contribution in [1.29, 1.82) is 0 Å². The zero-order valence-corrected chi connectivity index (χ0v) is 12.8. The normalized spacial score (nSPS) is 9.25. The molecular weight excluding hydrogens is 248 g/mol. The quantitative estimate of drug-likeness (QED) is 0.460. The van der Waals surface area contributed by atoms with E-state index in [2.05, 4.69) is 30.6 Å². The predicted molar refractivity (Wildman–Crippen MR) is 84.3 cm³/mol. The minimum absolute atomic E-state index is 0.302. The third-order valence-electron chi connectivity index (χ3n) is 3.02.